The van der Waals surface area contributed by atoms with Crippen LogP contribution < -0.4 is 0 Å². The fourth-order valence-corrected chi connectivity index (χ4v) is 2.81. The topological polar surface area (TPSA) is 173 Å². The third-order valence-electron chi connectivity index (χ3n) is 3.90. The first kappa shape index (κ1) is 18.4. The monoisotopic (exact) mass is 362 g/mol. The van der Waals surface area contributed by atoms with Crippen molar-refractivity contribution in [3.05, 3.63) is 112 Å². The Morgan fingerprint density at radius 3 is 0.923 bits per heavy atom. The fraction of sp³-hybridized carbons (Fsp3) is 0.143. The van der Waals surface area contributed by atoms with E-state index in [1.165, 1.54) is 12.1 Å². The summed E-state index contributed by atoms with van der Waals surface area (Å²) in [7, 11) is 0. The van der Waals surface area contributed by atoms with Gasteiger partial charge in [-0.25, -0.2) is 0 Å². The van der Waals surface area contributed by atoms with Crippen molar-refractivity contribution in [1.29, 1.82) is 0 Å². The number of rotatable bonds is 7. The van der Waals surface area contributed by atoms with Crippen LogP contribution >= 0.6 is 0 Å². The Balaban J connectivity index is 3.12. The molecule has 0 saturated carbocycles. The molecule has 0 radical (unpaired) electrons. The molecular formula is C14H10N4O8. The molecule has 0 atom stereocenters. The lowest BCUT2D eigenvalue weighted by molar-refractivity contribution is -0.957. The van der Waals surface area contributed by atoms with E-state index in [9.17, 15) is 40.5 Å². The zero-order valence-electron chi connectivity index (χ0n) is 12.8. The molecule has 134 valence electrons. The van der Waals surface area contributed by atoms with Crippen molar-refractivity contribution in [3.8, 4) is 0 Å². The summed E-state index contributed by atoms with van der Waals surface area (Å²) in [6.45, 7) is 0. The van der Waals surface area contributed by atoms with Crippen LogP contribution in [0, 0.1) is 40.5 Å². The quantitative estimate of drug-likeness (QED) is 0.407. The smallest absolute Gasteiger partial charge is 0.258 e. The molecule has 0 bridgehead atoms. The second-order valence-corrected chi connectivity index (χ2v) is 5.10. The first-order valence-electron chi connectivity index (χ1n) is 6.93. The van der Waals surface area contributed by atoms with E-state index in [1.807, 2.05) is 0 Å². The Morgan fingerprint density at radius 1 is 0.500 bits per heavy atom. The summed E-state index contributed by atoms with van der Waals surface area (Å²) in [5, 5.41) is 47.4. The van der Waals surface area contributed by atoms with E-state index < -0.39 is 42.1 Å². The Hall–Kier alpha value is -3.96. The zero-order valence-corrected chi connectivity index (χ0v) is 12.8. The van der Waals surface area contributed by atoms with Gasteiger partial charge in [0.2, 0.25) is 0 Å². The van der Waals surface area contributed by atoms with Gasteiger partial charge in [-0.05, 0) is 24.3 Å². The normalized spacial score (nSPS) is 11.5. The van der Waals surface area contributed by atoms with Gasteiger partial charge < -0.3 is 0 Å². The van der Waals surface area contributed by atoms with Crippen LogP contribution in [0.5, 0.6) is 0 Å². The first-order valence-corrected chi connectivity index (χ1v) is 6.93. The van der Waals surface area contributed by atoms with E-state index in [0.29, 0.717) is 0 Å². The molecule has 0 spiro atoms. The van der Waals surface area contributed by atoms with Gasteiger partial charge in [-0.15, -0.1) is 0 Å². The maximum absolute atomic E-state index is 11.8. The van der Waals surface area contributed by atoms with Gasteiger partial charge in [0.15, 0.2) is 0 Å². The Labute approximate surface area is 144 Å². The predicted molar refractivity (Wildman–Crippen MR) is 84.2 cm³/mol. The zero-order chi connectivity index (χ0) is 19.5. The van der Waals surface area contributed by atoms with Gasteiger partial charge in [0.05, 0.1) is 0 Å². The molecule has 0 amide bonds. The first-order chi connectivity index (χ1) is 12.2. The van der Waals surface area contributed by atoms with Gasteiger partial charge >= 0.3 is 11.3 Å². The summed E-state index contributed by atoms with van der Waals surface area (Å²) < 4.78 is 0. The van der Waals surface area contributed by atoms with Crippen LogP contribution in [0.25, 0.3) is 0 Å². The largest absolute Gasteiger partial charge is 0.626 e. The summed E-state index contributed by atoms with van der Waals surface area (Å²) >= 11 is 0. The number of nitrogens with zero attached hydrogens (tertiary/aromatic N) is 4. The lowest BCUT2D eigenvalue weighted by Gasteiger charge is -2.24. The van der Waals surface area contributed by atoms with Crippen molar-refractivity contribution in [3.63, 3.8) is 0 Å². The fourth-order valence-electron chi connectivity index (χ4n) is 2.81. The maximum atomic E-state index is 11.8. The predicted octanol–water partition coefficient (Wildman–Crippen LogP) is 1.80. The van der Waals surface area contributed by atoms with E-state index in [0.717, 1.165) is 48.5 Å². The molecule has 0 aliphatic carbocycles. The summed E-state index contributed by atoms with van der Waals surface area (Å²) in [4.78, 5) is 41.0. The third kappa shape index (κ3) is 2.23. The number of hydrogen-bond donors (Lipinski definition) is 0. The maximum Gasteiger partial charge on any atom is 0.626 e. The molecule has 12 heteroatoms. The molecule has 0 unspecified atom stereocenters. The molecule has 2 aromatic carbocycles. The Bertz CT molecular complexity index is 770. The Morgan fingerprint density at radius 2 is 0.731 bits per heavy atom. The highest BCUT2D eigenvalue weighted by atomic mass is 16.7. The minimum Gasteiger partial charge on any atom is -0.258 e. The highest BCUT2D eigenvalue weighted by Crippen LogP contribution is 2.46. The van der Waals surface area contributed by atoms with Gasteiger partial charge in [-0.2, -0.15) is 0 Å². The summed E-state index contributed by atoms with van der Waals surface area (Å²) in [5.74, 6) is 0. The molecule has 0 saturated heterocycles. The van der Waals surface area contributed by atoms with Crippen LogP contribution in [0.1, 0.15) is 11.1 Å². The summed E-state index contributed by atoms with van der Waals surface area (Å²) in [6, 6.07) is 10.8. The van der Waals surface area contributed by atoms with Crippen molar-refractivity contribution in [2.24, 2.45) is 0 Å². The lowest BCUT2D eigenvalue weighted by atomic mass is 9.82. The number of hydrogen-bond acceptors (Lipinski definition) is 8. The molecule has 2 rings (SSSR count). The molecule has 0 fully saturated rings. The number of nitro groups is 4. The van der Waals surface area contributed by atoms with Crippen LogP contribution in [0.15, 0.2) is 60.7 Å². The van der Waals surface area contributed by atoms with Crippen LogP contribution in [0.4, 0.5) is 0 Å². The van der Waals surface area contributed by atoms with Crippen molar-refractivity contribution in [1.82, 2.24) is 0 Å². The van der Waals surface area contributed by atoms with Crippen LogP contribution in [0.2, 0.25) is 0 Å². The number of benzene rings is 2. The van der Waals surface area contributed by atoms with Crippen molar-refractivity contribution in [2.75, 3.05) is 0 Å². The van der Waals surface area contributed by atoms with E-state index in [2.05, 4.69) is 0 Å². The Kier molecular flexibility index (Phi) is 4.60. The van der Waals surface area contributed by atoms with E-state index in [1.54, 1.807) is 0 Å². The van der Waals surface area contributed by atoms with Gasteiger partial charge in [-0.3, -0.25) is 40.5 Å². The van der Waals surface area contributed by atoms with Crippen LogP contribution in [0.3, 0.4) is 0 Å². The third-order valence-corrected chi connectivity index (χ3v) is 3.90. The van der Waals surface area contributed by atoms with E-state index in [-0.39, 0.29) is 0 Å². The summed E-state index contributed by atoms with van der Waals surface area (Å²) in [6.07, 6.45) is 0. The molecule has 0 aliphatic rings. The van der Waals surface area contributed by atoms with E-state index >= 15 is 0 Å². The van der Waals surface area contributed by atoms with Crippen molar-refractivity contribution < 1.29 is 19.7 Å². The average Bonchev–Trinajstić information content (AvgIpc) is 2.59. The second-order valence-electron chi connectivity index (χ2n) is 5.10. The molecule has 0 aromatic heterocycles. The second kappa shape index (κ2) is 6.51. The van der Waals surface area contributed by atoms with Crippen molar-refractivity contribution >= 4 is 0 Å². The minimum absolute atomic E-state index is 0.799. The van der Waals surface area contributed by atoms with E-state index in [4.69, 9.17) is 0 Å². The molecule has 0 aliphatic heterocycles. The molecule has 0 N–H and O–H groups in total. The standard InChI is InChI=1S/C14H10N4O8/c19-15(20)13(16(21)22,11-7-3-1-4-8-11)14(17(23)24,18(25)26)12-9-5-2-6-10-12/h1-10H. The average molecular weight is 362 g/mol. The van der Waals surface area contributed by atoms with Crippen molar-refractivity contribution in [2.45, 2.75) is 11.3 Å². The molecule has 0 heterocycles. The molecular weight excluding hydrogens is 352 g/mol. The summed E-state index contributed by atoms with van der Waals surface area (Å²) in [5.41, 5.74) is -9.40. The molecule has 12 nitrogen and oxygen atoms in total. The van der Waals surface area contributed by atoms with Gasteiger partial charge in [0.25, 0.3) is 0 Å². The van der Waals surface area contributed by atoms with Gasteiger partial charge in [0, 0.05) is 0 Å². The highest BCUT2D eigenvalue weighted by molar-refractivity contribution is 5.29. The SMILES string of the molecule is O=[N+]([O-])C(c1ccccc1)([N+](=O)[O-])C(c1ccccc1)([N+](=O)[O-])[N+](=O)[O-]. The van der Waals surface area contributed by atoms with Gasteiger partial charge in [-0.1, -0.05) is 36.4 Å². The lowest BCUT2D eigenvalue weighted by Crippen LogP contribution is -2.66. The van der Waals surface area contributed by atoms with Gasteiger partial charge in [0.1, 0.15) is 30.8 Å². The minimum atomic E-state index is -3.90. The van der Waals surface area contributed by atoms with Crippen LogP contribution in [-0.4, -0.2) is 19.7 Å². The molecule has 2 aromatic rings. The highest BCUT2D eigenvalue weighted by Gasteiger charge is 2.93. The van der Waals surface area contributed by atoms with Crippen LogP contribution in [-0.2, 0) is 11.3 Å². The molecule has 26 heavy (non-hydrogen) atoms.